The highest BCUT2D eigenvalue weighted by atomic mass is 16.6. The van der Waals surface area contributed by atoms with Crippen LogP contribution in [-0.4, -0.2) is 41.1 Å². The van der Waals surface area contributed by atoms with E-state index in [4.69, 9.17) is 4.74 Å². The second-order valence-electron chi connectivity index (χ2n) is 6.22. The molecule has 1 fully saturated rings. The lowest BCUT2D eigenvalue weighted by Gasteiger charge is -2.24. The van der Waals surface area contributed by atoms with Gasteiger partial charge >= 0.3 is 12.1 Å². The number of amides is 2. The van der Waals surface area contributed by atoms with Crippen molar-refractivity contribution in [3.05, 3.63) is 42.0 Å². The van der Waals surface area contributed by atoms with E-state index in [1.807, 2.05) is 18.2 Å². The molecule has 0 radical (unpaired) electrons. The third-order valence-electron chi connectivity index (χ3n) is 4.53. The minimum atomic E-state index is -0.947. The van der Waals surface area contributed by atoms with E-state index < -0.39 is 17.8 Å². The topological polar surface area (TPSA) is 95.9 Å². The maximum Gasteiger partial charge on any atom is 0.410 e. The molecule has 2 aliphatic rings. The molecule has 1 aliphatic heterocycles. The van der Waals surface area contributed by atoms with Crippen LogP contribution in [0.4, 0.5) is 10.5 Å². The first-order chi connectivity index (χ1) is 12.0. The standard InChI is InChI=1S/C18H20N2O5/c21-16(14-3-1-2-4-15(14)17(22)23)19-13-7-5-12(6-8-13)11-20-9-10-25-18(20)24/h1-2,5-8,14-15H,3-4,9-11H2,(H,19,21)(H,22,23)/t14-,15-/m1/s1. The highest BCUT2D eigenvalue weighted by Gasteiger charge is 2.33. The Bertz CT molecular complexity index is 698. The van der Waals surface area contributed by atoms with Crippen LogP contribution in [0.15, 0.2) is 36.4 Å². The third-order valence-corrected chi connectivity index (χ3v) is 4.53. The number of nitrogens with one attached hydrogen (secondary N) is 1. The fourth-order valence-corrected chi connectivity index (χ4v) is 3.10. The predicted molar refractivity (Wildman–Crippen MR) is 89.8 cm³/mol. The molecular formula is C18H20N2O5. The normalized spacial score (nSPS) is 22.6. The van der Waals surface area contributed by atoms with E-state index in [1.165, 1.54) is 0 Å². The minimum Gasteiger partial charge on any atom is -0.481 e. The lowest BCUT2D eigenvalue weighted by Crippen LogP contribution is -2.34. The average Bonchev–Trinajstić information content (AvgIpc) is 3.01. The van der Waals surface area contributed by atoms with Crippen LogP contribution < -0.4 is 5.32 Å². The molecule has 3 rings (SSSR count). The van der Waals surface area contributed by atoms with Crippen molar-refractivity contribution in [1.29, 1.82) is 0 Å². The van der Waals surface area contributed by atoms with E-state index in [0.29, 0.717) is 38.2 Å². The van der Waals surface area contributed by atoms with E-state index in [1.54, 1.807) is 23.1 Å². The summed E-state index contributed by atoms with van der Waals surface area (Å²) in [5.74, 6) is -2.49. The summed E-state index contributed by atoms with van der Waals surface area (Å²) in [5, 5.41) is 12.0. The number of hydrogen-bond acceptors (Lipinski definition) is 4. The first-order valence-corrected chi connectivity index (χ1v) is 8.24. The highest BCUT2D eigenvalue weighted by Crippen LogP contribution is 2.27. The van der Waals surface area contributed by atoms with Crippen LogP contribution in [0, 0.1) is 11.8 Å². The van der Waals surface area contributed by atoms with Gasteiger partial charge in [-0.2, -0.15) is 0 Å². The molecule has 1 aliphatic carbocycles. The van der Waals surface area contributed by atoms with Crippen LogP contribution in [0.3, 0.4) is 0 Å². The summed E-state index contributed by atoms with van der Waals surface area (Å²) in [6.45, 7) is 1.44. The summed E-state index contributed by atoms with van der Waals surface area (Å²) in [4.78, 5) is 36.8. The molecule has 0 spiro atoms. The molecule has 1 aromatic rings. The number of cyclic esters (lactones) is 1. The fraction of sp³-hybridized carbons (Fsp3) is 0.389. The van der Waals surface area contributed by atoms with E-state index >= 15 is 0 Å². The Labute approximate surface area is 145 Å². The number of carboxylic acid groups (broad SMARTS) is 1. The van der Waals surface area contributed by atoms with Crippen molar-refractivity contribution in [2.24, 2.45) is 11.8 Å². The first kappa shape index (κ1) is 17.0. The summed E-state index contributed by atoms with van der Waals surface area (Å²) in [6.07, 6.45) is 4.14. The van der Waals surface area contributed by atoms with Crippen LogP contribution in [-0.2, 0) is 20.9 Å². The number of allylic oxidation sites excluding steroid dienone is 2. The molecule has 0 unspecified atom stereocenters. The third kappa shape index (κ3) is 3.99. The van der Waals surface area contributed by atoms with Gasteiger partial charge in [0.1, 0.15) is 6.61 Å². The zero-order valence-corrected chi connectivity index (χ0v) is 13.7. The number of anilines is 1. The lowest BCUT2D eigenvalue weighted by atomic mass is 9.82. The number of benzene rings is 1. The molecule has 0 aromatic heterocycles. The number of nitrogens with zero attached hydrogens (tertiary/aromatic N) is 1. The summed E-state index contributed by atoms with van der Waals surface area (Å²) in [7, 11) is 0. The fourth-order valence-electron chi connectivity index (χ4n) is 3.10. The molecule has 7 heteroatoms. The Morgan fingerprint density at radius 3 is 2.44 bits per heavy atom. The van der Waals surface area contributed by atoms with Crippen molar-refractivity contribution >= 4 is 23.7 Å². The Morgan fingerprint density at radius 1 is 1.16 bits per heavy atom. The molecular weight excluding hydrogens is 324 g/mol. The summed E-state index contributed by atoms with van der Waals surface area (Å²) < 4.78 is 4.89. The van der Waals surface area contributed by atoms with Gasteiger partial charge in [0, 0.05) is 12.2 Å². The van der Waals surface area contributed by atoms with Crippen molar-refractivity contribution in [2.45, 2.75) is 19.4 Å². The van der Waals surface area contributed by atoms with Crippen LogP contribution in [0.5, 0.6) is 0 Å². The van der Waals surface area contributed by atoms with E-state index in [0.717, 1.165) is 5.56 Å². The van der Waals surface area contributed by atoms with Gasteiger partial charge in [-0.25, -0.2) is 4.79 Å². The number of carbonyl (C=O) groups is 3. The van der Waals surface area contributed by atoms with Gasteiger partial charge < -0.3 is 20.1 Å². The first-order valence-electron chi connectivity index (χ1n) is 8.24. The van der Waals surface area contributed by atoms with Gasteiger partial charge in [-0.05, 0) is 30.5 Å². The Kier molecular flexibility index (Phi) is 5.02. The van der Waals surface area contributed by atoms with Crippen LogP contribution in [0.1, 0.15) is 18.4 Å². The summed E-state index contributed by atoms with van der Waals surface area (Å²) >= 11 is 0. The van der Waals surface area contributed by atoms with Crippen LogP contribution in [0.25, 0.3) is 0 Å². The van der Waals surface area contributed by atoms with E-state index in [-0.39, 0.29) is 12.0 Å². The maximum absolute atomic E-state index is 12.4. The van der Waals surface area contributed by atoms with E-state index in [2.05, 4.69) is 5.32 Å². The van der Waals surface area contributed by atoms with Gasteiger partial charge in [0.2, 0.25) is 5.91 Å². The van der Waals surface area contributed by atoms with Gasteiger partial charge in [-0.3, -0.25) is 9.59 Å². The molecule has 2 amide bonds. The second kappa shape index (κ2) is 7.38. The quantitative estimate of drug-likeness (QED) is 0.799. The molecule has 132 valence electrons. The molecule has 2 N–H and O–H groups in total. The van der Waals surface area contributed by atoms with Gasteiger partial charge in [-0.1, -0.05) is 24.3 Å². The largest absolute Gasteiger partial charge is 0.481 e. The number of hydrogen-bond donors (Lipinski definition) is 2. The zero-order valence-electron chi connectivity index (χ0n) is 13.7. The van der Waals surface area contributed by atoms with Crippen molar-refractivity contribution < 1.29 is 24.2 Å². The molecule has 0 bridgehead atoms. The Morgan fingerprint density at radius 2 is 1.84 bits per heavy atom. The molecule has 1 aromatic carbocycles. The highest BCUT2D eigenvalue weighted by molar-refractivity contribution is 5.95. The van der Waals surface area contributed by atoms with Gasteiger partial charge in [-0.15, -0.1) is 0 Å². The summed E-state index contributed by atoms with van der Waals surface area (Å²) in [5.41, 5.74) is 1.54. The second-order valence-corrected chi connectivity index (χ2v) is 6.22. The van der Waals surface area contributed by atoms with Crippen molar-refractivity contribution in [1.82, 2.24) is 4.90 Å². The van der Waals surface area contributed by atoms with Crippen molar-refractivity contribution in [3.8, 4) is 0 Å². The van der Waals surface area contributed by atoms with Crippen LogP contribution >= 0.6 is 0 Å². The molecule has 0 saturated carbocycles. The minimum absolute atomic E-state index is 0.285. The molecule has 2 atom stereocenters. The predicted octanol–water partition coefficient (Wildman–Crippen LogP) is 2.24. The molecule has 1 saturated heterocycles. The van der Waals surface area contributed by atoms with Gasteiger partial charge in [0.25, 0.3) is 0 Å². The Hall–Kier alpha value is -2.83. The Balaban J connectivity index is 1.60. The van der Waals surface area contributed by atoms with Gasteiger partial charge in [0.05, 0.1) is 18.4 Å². The average molecular weight is 344 g/mol. The summed E-state index contributed by atoms with van der Waals surface area (Å²) in [6, 6.07) is 7.17. The number of ether oxygens (including phenoxy) is 1. The zero-order chi connectivity index (χ0) is 17.8. The lowest BCUT2D eigenvalue weighted by molar-refractivity contribution is -0.146. The SMILES string of the molecule is O=C(O)[C@@H]1CC=CC[C@H]1C(=O)Nc1ccc(CN2CCOC2=O)cc1. The smallest absolute Gasteiger partial charge is 0.410 e. The van der Waals surface area contributed by atoms with Crippen molar-refractivity contribution in [3.63, 3.8) is 0 Å². The molecule has 25 heavy (non-hydrogen) atoms. The molecule has 7 nitrogen and oxygen atoms in total. The van der Waals surface area contributed by atoms with E-state index in [9.17, 15) is 19.5 Å². The number of rotatable bonds is 5. The molecule has 1 heterocycles. The van der Waals surface area contributed by atoms with Gasteiger partial charge in [0.15, 0.2) is 0 Å². The number of aliphatic carboxylic acids is 1. The van der Waals surface area contributed by atoms with Crippen molar-refractivity contribution in [2.75, 3.05) is 18.5 Å². The maximum atomic E-state index is 12.4. The monoisotopic (exact) mass is 344 g/mol. The number of carboxylic acids is 1. The number of carbonyl (C=O) groups excluding carboxylic acids is 2. The van der Waals surface area contributed by atoms with Crippen LogP contribution in [0.2, 0.25) is 0 Å².